The number of rotatable bonds is 6. The van der Waals surface area contributed by atoms with Crippen LogP contribution in [0.25, 0.3) is 0 Å². The first-order valence-electron chi connectivity index (χ1n) is 5.82. The molecule has 1 amide bonds. The fourth-order valence-electron chi connectivity index (χ4n) is 1.41. The monoisotopic (exact) mass is 237 g/mol. The van der Waals surface area contributed by atoms with Gasteiger partial charge in [-0.05, 0) is 25.5 Å². The van der Waals surface area contributed by atoms with E-state index in [4.69, 9.17) is 5.11 Å². The summed E-state index contributed by atoms with van der Waals surface area (Å²) in [6, 6.07) is 3.46. The summed E-state index contributed by atoms with van der Waals surface area (Å²) in [4.78, 5) is 15.6. The highest BCUT2D eigenvalue weighted by Gasteiger charge is 2.08. The molecule has 1 unspecified atom stereocenters. The molecule has 0 fully saturated rings. The van der Waals surface area contributed by atoms with Crippen molar-refractivity contribution in [2.24, 2.45) is 0 Å². The van der Waals surface area contributed by atoms with Crippen LogP contribution in [-0.4, -0.2) is 35.2 Å². The third-order valence-electron chi connectivity index (χ3n) is 2.41. The zero-order valence-electron chi connectivity index (χ0n) is 10.2. The van der Waals surface area contributed by atoms with Crippen LogP contribution in [-0.2, 0) is 0 Å². The Morgan fingerprint density at radius 3 is 2.88 bits per heavy atom. The smallest absolute Gasteiger partial charge is 0.269 e. The van der Waals surface area contributed by atoms with Gasteiger partial charge in [0.05, 0.1) is 6.61 Å². The number of amides is 1. The highest BCUT2D eigenvalue weighted by molar-refractivity contribution is 5.93. The minimum absolute atomic E-state index is 0.000476. The number of aromatic nitrogens is 1. The molecule has 17 heavy (non-hydrogen) atoms. The van der Waals surface area contributed by atoms with Gasteiger partial charge in [0.15, 0.2) is 0 Å². The topological polar surface area (TPSA) is 74.2 Å². The zero-order chi connectivity index (χ0) is 12.7. The number of hydrogen-bond acceptors (Lipinski definition) is 4. The Morgan fingerprint density at radius 1 is 1.53 bits per heavy atom. The molecule has 3 N–H and O–H groups in total. The van der Waals surface area contributed by atoms with E-state index in [0.717, 1.165) is 12.1 Å². The lowest BCUT2D eigenvalue weighted by atomic mass is 10.2. The zero-order valence-corrected chi connectivity index (χ0v) is 10.2. The number of aliphatic hydroxyl groups is 1. The predicted molar refractivity (Wildman–Crippen MR) is 67.0 cm³/mol. The lowest BCUT2D eigenvalue weighted by molar-refractivity contribution is 0.0951. The molecule has 94 valence electrons. The third kappa shape index (κ3) is 4.03. The molecule has 0 aliphatic heterocycles. The van der Waals surface area contributed by atoms with E-state index in [-0.39, 0.29) is 18.6 Å². The van der Waals surface area contributed by atoms with Crippen LogP contribution in [0.4, 0.5) is 5.69 Å². The maximum Gasteiger partial charge on any atom is 0.269 e. The Hall–Kier alpha value is -1.62. The fourth-order valence-corrected chi connectivity index (χ4v) is 1.41. The van der Waals surface area contributed by atoms with Crippen LogP contribution >= 0.6 is 0 Å². The number of pyridine rings is 1. The predicted octanol–water partition coefficient (Wildman–Crippen LogP) is 1.01. The minimum Gasteiger partial charge on any atom is -0.394 e. The Kier molecular flexibility index (Phi) is 5.42. The first-order chi connectivity index (χ1) is 8.21. The molecule has 0 bridgehead atoms. The second kappa shape index (κ2) is 6.85. The van der Waals surface area contributed by atoms with Gasteiger partial charge in [0, 0.05) is 24.5 Å². The number of nitrogens with zero attached hydrogens (tertiary/aromatic N) is 1. The average Bonchev–Trinajstić information content (AvgIpc) is 2.36. The molecular formula is C12H19N3O2. The van der Waals surface area contributed by atoms with Gasteiger partial charge in [-0.1, -0.05) is 6.92 Å². The average molecular weight is 237 g/mol. The van der Waals surface area contributed by atoms with Crippen molar-refractivity contribution in [1.82, 2.24) is 10.3 Å². The van der Waals surface area contributed by atoms with Gasteiger partial charge in [0.2, 0.25) is 0 Å². The van der Waals surface area contributed by atoms with Gasteiger partial charge >= 0.3 is 0 Å². The van der Waals surface area contributed by atoms with Gasteiger partial charge in [-0.3, -0.25) is 9.78 Å². The molecule has 0 aliphatic carbocycles. The first-order valence-corrected chi connectivity index (χ1v) is 5.82. The van der Waals surface area contributed by atoms with Crippen molar-refractivity contribution in [3.8, 4) is 0 Å². The van der Waals surface area contributed by atoms with Gasteiger partial charge in [-0.15, -0.1) is 0 Å². The minimum atomic E-state index is -0.187. The van der Waals surface area contributed by atoms with E-state index >= 15 is 0 Å². The van der Waals surface area contributed by atoms with E-state index in [1.54, 1.807) is 18.3 Å². The van der Waals surface area contributed by atoms with Crippen LogP contribution in [0.5, 0.6) is 0 Å². The molecule has 0 aromatic carbocycles. The van der Waals surface area contributed by atoms with Crippen LogP contribution in [0.3, 0.4) is 0 Å². The summed E-state index contributed by atoms with van der Waals surface area (Å²) in [6.07, 6.45) is 2.40. The summed E-state index contributed by atoms with van der Waals surface area (Å²) in [6.45, 7) is 4.49. The standard InChI is InChI=1S/C12H19N3O2/c1-3-9(8-16)15-10-5-6-14-11(7-10)12(17)13-4-2/h5-7,9,16H,3-4,8H2,1-2H3,(H,13,17)(H,14,15). The molecule has 1 atom stereocenters. The van der Waals surface area contributed by atoms with E-state index in [2.05, 4.69) is 15.6 Å². The number of carbonyl (C=O) groups is 1. The summed E-state index contributed by atoms with van der Waals surface area (Å²) >= 11 is 0. The summed E-state index contributed by atoms with van der Waals surface area (Å²) in [5, 5.41) is 14.9. The Morgan fingerprint density at radius 2 is 2.29 bits per heavy atom. The van der Waals surface area contributed by atoms with Gasteiger partial charge in [0.1, 0.15) is 5.69 Å². The number of aliphatic hydroxyl groups excluding tert-OH is 1. The number of hydrogen-bond donors (Lipinski definition) is 3. The summed E-state index contributed by atoms with van der Waals surface area (Å²) < 4.78 is 0. The Balaban J connectivity index is 2.75. The molecular weight excluding hydrogens is 218 g/mol. The van der Waals surface area contributed by atoms with Crippen LogP contribution in [0, 0.1) is 0 Å². The summed E-state index contributed by atoms with van der Waals surface area (Å²) in [5.41, 5.74) is 1.17. The molecule has 1 aromatic heterocycles. The van der Waals surface area contributed by atoms with Crippen molar-refractivity contribution in [2.45, 2.75) is 26.3 Å². The summed E-state index contributed by atoms with van der Waals surface area (Å²) in [7, 11) is 0. The summed E-state index contributed by atoms with van der Waals surface area (Å²) in [5.74, 6) is -0.187. The molecule has 0 saturated carbocycles. The maximum atomic E-state index is 11.6. The highest BCUT2D eigenvalue weighted by atomic mass is 16.3. The van der Waals surface area contributed by atoms with Crippen molar-refractivity contribution in [3.05, 3.63) is 24.0 Å². The van der Waals surface area contributed by atoms with Crippen molar-refractivity contribution in [1.29, 1.82) is 0 Å². The van der Waals surface area contributed by atoms with Crippen LogP contribution in [0.1, 0.15) is 30.8 Å². The van der Waals surface area contributed by atoms with E-state index in [1.165, 1.54) is 0 Å². The molecule has 0 aliphatic rings. The lowest BCUT2D eigenvalue weighted by Crippen LogP contribution is -2.25. The molecule has 1 rings (SSSR count). The van der Waals surface area contributed by atoms with Gasteiger partial charge in [0.25, 0.3) is 5.91 Å². The van der Waals surface area contributed by atoms with Crippen molar-refractivity contribution in [3.63, 3.8) is 0 Å². The third-order valence-corrected chi connectivity index (χ3v) is 2.41. The molecule has 0 spiro atoms. The van der Waals surface area contributed by atoms with Crippen LogP contribution in [0.15, 0.2) is 18.3 Å². The molecule has 0 radical (unpaired) electrons. The number of carbonyl (C=O) groups excluding carboxylic acids is 1. The quantitative estimate of drug-likeness (QED) is 0.690. The number of nitrogens with one attached hydrogen (secondary N) is 2. The van der Waals surface area contributed by atoms with Gasteiger partial charge < -0.3 is 15.7 Å². The number of anilines is 1. The Bertz CT molecular complexity index is 365. The SMILES string of the molecule is CCNC(=O)c1cc(NC(CC)CO)ccn1. The van der Waals surface area contributed by atoms with Crippen molar-refractivity contribution < 1.29 is 9.90 Å². The second-order valence-corrected chi connectivity index (χ2v) is 3.72. The van der Waals surface area contributed by atoms with Gasteiger partial charge in [-0.25, -0.2) is 0 Å². The van der Waals surface area contributed by atoms with E-state index in [1.807, 2.05) is 13.8 Å². The largest absolute Gasteiger partial charge is 0.394 e. The van der Waals surface area contributed by atoms with Crippen LogP contribution < -0.4 is 10.6 Å². The van der Waals surface area contributed by atoms with Gasteiger partial charge in [-0.2, -0.15) is 0 Å². The van der Waals surface area contributed by atoms with E-state index in [9.17, 15) is 4.79 Å². The molecule has 1 aromatic rings. The Labute approximate surface area is 101 Å². The molecule has 1 heterocycles. The fraction of sp³-hybridized carbons (Fsp3) is 0.500. The first kappa shape index (κ1) is 13.4. The van der Waals surface area contributed by atoms with E-state index < -0.39 is 0 Å². The second-order valence-electron chi connectivity index (χ2n) is 3.72. The molecule has 0 saturated heterocycles. The highest BCUT2D eigenvalue weighted by Crippen LogP contribution is 2.10. The maximum absolute atomic E-state index is 11.6. The van der Waals surface area contributed by atoms with Crippen LogP contribution in [0.2, 0.25) is 0 Å². The van der Waals surface area contributed by atoms with E-state index in [0.29, 0.717) is 12.2 Å². The van der Waals surface area contributed by atoms with Crippen molar-refractivity contribution in [2.75, 3.05) is 18.5 Å². The lowest BCUT2D eigenvalue weighted by Gasteiger charge is -2.15. The molecule has 5 nitrogen and oxygen atoms in total. The molecule has 5 heteroatoms. The van der Waals surface area contributed by atoms with Crippen molar-refractivity contribution >= 4 is 11.6 Å². The normalized spacial score (nSPS) is 11.9.